The molecule has 1 heterocycles. The van der Waals surface area contributed by atoms with Crippen LogP contribution in [0.5, 0.6) is 5.75 Å². The molecule has 0 spiro atoms. The lowest BCUT2D eigenvalue weighted by atomic mass is 10.0. The standard InChI is InChI=1S/C19H22N2O4/c1-2-25-17-5-3-4-14(9-17)6-7-15-8-16(12-20-11-15)18(21-13-22)10-19(23)24/h3-5,8-9,11-13,18H,2,6-7,10H2,1H3,(H,21,22)(H,23,24). The van der Waals surface area contributed by atoms with Crippen LogP contribution in [-0.2, 0) is 22.4 Å². The minimum Gasteiger partial charge on any atom is -0.494 e. The zero-order valence-electron chi connectivity index (χ0n) is 14.1. The van der Waals surface area contributed by atoms with Gasteiger partial charge in [0, 0.05) is 12.4 Å². The Labute approximate surface area is 146 Å². The lowest BCUT2D eigenvalue weighted by molar-refractivity contribution is -0.137. The molecule has 0 radical (unpaired) electrons. The van der Waals surface area contributed by atoms with Crippen LogP contribution in [0.2, 0.25) is 0 Å². The van der Waals surface area contributed by atoms with Gasteiger partial charge in [0.25, 0.3) is 0 Å². The predicted octanol–water partition coefficient (Wildman–Crippen LogP) is 2.53. The second-order valence-electron chi connectivity index (χ2n) is 5.64. The minimum absolute atomic E-state index is 0.180. The number of rotatable bonds is 10. The normalized spacial score (nSPS) is 11.6. The molecule has 0 saturated heterocycles. The van der Waals surface area contributed by atoms with E-state index in [2.05, 4.69) is 10.3 Å². The smallest absolute Gasteiger partial charge is 0.305 e. The third kappa shape index (κ3) is 5.91. The molecule has 1 aromatic carbocycles. The molecular weight excluding hydrogens is 320 g/mol. The van der Waals surface area contributed by atoms with E-state index in [4.69, 9.17) is 9.84 Å². The monoisotopic (exact) mass is 342 g/mol. The van der Waals surface area contributed by atoms with Gasteiger partial charge in [0.15, 0.2) is 0 Å². The molecule has 0 aliphatic rings. The Morgan fingerprint density at radius 3 is 2.80 bits per heavy atom. The zero-order chi connectivity index (χ0) is 18.1. The van der Waals surface area contributed by atoms with E-state index in [0.717, 1.165) is 29.7 Å². The highest BCUT2D eigenvalue weighted by atomic mass is 16.5. The lowest BCUT2D eigenvalue weighted by Crippen LogP contribution is -2.22. The van der Waals surface area contributed by atoms with Gasteiger partial charge in [0.05, 0.1) is 19.1 Å². The molecule has 25 heavy (non-hydrogen) atoms. The fourth-order valence-electron chi connectivity index (χ4n) is 2.61. The van der Waals surface area contributed by atoms with E-state index in [-0.39, 0.29) is 6.42 Å². The Kier molecular flexibility index (Phi) is 6.95. The zero-order valence-corrected chi connectivity index (χ0v) is 14.1. The first kappa shape index (κ1) is 18.4. The van der Waals surface area contributed by atoms with Gasteiger partial charge in [-0.15, -0.1) is 0 Å². The largest absolute Gasteiger partial charge is 0.494 e. The minimum atomic E-state index is -0.975. The number of carbonyl (C=O) groups excluding carboxylic acids is 1. The molecule has 6 heteroatoms. The quantitative estimate of drug-likeness (QED) is 0.648. The summed E-state index contributed by atoms with van der Waals surface area (Å²) in [5.74, 6) is -0.124. The van der Waals surface area contributed by atoms with Gasteiger partial charge in [0.1, 0.15) is 5.75 Å². The van der Waals surface area contributed by atoms with E-state index >= 15 is 0 Å². The number of carboxylic acids is 1. The van der Waals surface area contributed by atoms with Gasteiger partial charge >= 0.3 is 5.97 Å². The van der Waals surface area contributed by atoms with Crippen LogP contribution in [0.15, 0.2) is 42.7 Å². The van der Waals surface area contributed by atoms with E-state index in [1.165, 1.54) is 0 Å². The molecule has 0 saturated carbocycles. The number of aliphatic carboxylic acids is 1. The average molecular weight is 342 g/mol. The number of ether oxygens (including phenoxy) is 1. The first-order chi connectivity index (χ1) is 12.1. The topological polar surface area (TPSA) is 88.5 Å². The number of nitrogens with zero attached hydrogens (tertiary/aromatic N) is 1. The Morgan fingerprint density at radius 1 is 1.28 bits per heavy atom. The van der Waals surface area contributed by atoms with Gasteiger partial charge in [0.2, 0.25) is 6.41 Å². The number of nitrogens with one attached hydrogen (secondary N) is 1. The number of carbonyl (C=O) groups is 2. The maximum absolute atomic E-state index is 11.0. The lowest BCUT2D eigenvalue weighted by Gasteiger charge is -2.15. The summed E-state index contributed by atoms with van der Waals surface area (Å²) in [7, 11) is 0. The number of benzene rings is 1. The van der Waals surface area contributed by atoms with Crippen LogP contribution >= 0.6 is 0 Å². The Balaban J connectivity index is 2.06. The maximum Gasteiger partial charge on any atom is 0.305 e. The van der Waals surface area contributed by atoms with E-state index in [1.54, 1.807) is 12.4 Å². The molecule has 0 fully saturated rings. The third-order valence-corrected chi connectivity index (χ3v) is 3.78. The number of carboxylic acid groups (broad SMARTS) is 1. The van der Waals surface area contributed by atoms with Crippen molar-refractivity contribution >= 4 is 12.4 Å². The average Bonchev–Trinajstić information content (AvgIpc) is 2.60. The highest BCUT2D eigenvalue weighted by molar-refractivity contribution is 5.68. The van der Waals surface area contributed by atoms with Crippen LogP contribution in [0.1, 0.15) is 36.1 Å². The number of aryl methyl sites for hydroxylation is 2. The number of aromatic nitrogens is 1. The molecule has 132 valence electrons. The number of hydrogen-bond donors (Lipinski definition) is 2. The van der Waals surface area contributed by atoms with Crippen LogP contribution in [0.25, 0.3) is 0 Å². The SMILES string of the molecule is CCOc1cccc(CCc2cncc(C(CC(=O)O)NC=O)c2)c1. The second-order valence-corrected chi connectivity index (χ2v) is 5.64. The van der Waals surface area contributed by atoms with Crippen molar-refractivity contribution in [2.45, 2.75) is 32.2 Å². The van der Waals surface area contributed by atoms with E-state index in [0.29, 0.717) is 18.6 Å². The number of hydrogen-bond acceptors (Lipinski definition) is 4. The molecule has 1 aromatic heterocycles. The molecule has 6 nitrogen and oxygen atoms in total. The van der Waals surface area contributed by atoms with Crippen molar-refractivity contribution in [3.63, 3.8) is 0 Å². The fraction of sp³-hybridized carbons (Fsp3) is 0.316. The van der Waals surface area contributed by atoms with Crippen LogP contribution in [-0.4, -0.2) is 29.1 Å². The molecule has 1 amide bonds. The Bertz CT molecular complexity index is 718. The van der Waals surface area contributed by atoms with Gasteiger partial charge < -0.3 is 15.2 Å². The van der Waals surface area contributed by atoms with Crippen molar-refractivity contribution in [2.75, 3.05) is 6.61 Å². The number of amides is 1. The molecule has 2 N–H and O–H groups in total. The molecule has 0 aliphatic carbocycles. The van der Waals surface area contributed by atoms with Gasteiger partial charge in [-0.25, -0.2) is 0 Å². The highest BCUT2D eigenvalue weighted by Gasteiger charge is 2.15. The molecule has 0 bridgehead atoms. The Hall–Kier alpha value is -2.89. The molecule has 2 rings (SSSR count). The van der Waals surface area contributed by atoms with Gasteiger partial charge in [-0.2, -0.15) is 0 Å². The third-order valence-electron chi connectivity index (χ3n) is 3.78. The first-order valence-electron chi connectivity index (χ1n) is 8.19. The van der Waals surface area contributed by atoms with Crippen LogP contribution in [0.3, 0.4) is 0 Å². The van der Waals surface area contributed by atoms with Crippen molar-refractivity contribution in [1.29, 1.82) is 0 Å². The van der Waals surface area contributed by atoms with Crippen LogP contribution < -0.4 is 10.1 Å². The molecule has 1 unspecified atom stereocenters. The molecule has 2 aromatic rings. The summed E-state index contributed by atoms with van der Waals surface area (Å²) in [5.41, 5.74) is 2.84. The summed E-state index contributed by atoms with van der Waals surface area (Å²) in [5, 5.41) is 11.5. The van der Waals surface area contributed by atoms with Crippen molar-refractivity contribution in [3.8, 4) is 5.75 Å². The van der Waals surface area contributed by atoms with Gasteiger partial charge in [-0.3, -0.25) is 14.6 Å². The summed E-state index contributed by atoms with van der Waals surface area (Å²) >= 11 is 0. The summed E-state index contributed by atoms with van der Waals surface area (Å²) < 4.78 is 5.50. The Morgan fingerprint density at radius 2 is 2.08 bits per heavy atom. The maximum atomic E-state index is 11.0. The van der Waals surface area contributed by atoms with E-state index < -0.39 is 12.0 Å². The molecule has 1 atom stereocenters. The van der Waals surface area contributed by atoms with Crippen molar-refractivity contribution in [3.05, 3.63) is 59.4 Å². The fourth-order valence-corrected chi connectivity index (χ4v) is 2.61. The van der Waals surface area contributed by atoms with E-state index in [1.807, 2.05) is 37.3 Å². The summed E-state index contributed by atoms with van der Waals surface area (Å²) in [4.78, 5) is 25.8. The molecular formula is C19H22N2O4. The first-order valence-corrected chi connectivity index (χ1v) is 8.19. The van der Waals surface area contributed by atoms with Crippen molar-refractivity contribution in [1.82, 2.24) is 10.3 Å². The summed E-state index contributed by atoms with van der Waals surface area (Å²) in [6.45, 7) is 2.58. The van der Waals surface area contributed by atoms with Crippen molar-refractivity contribution < 1.29 is 19.4 Å². The van der Waals surface area contributed by atoms with Crippen LogP contribution in [0.4, 0.5) is 0 Å². The number of pyridine rings is 1. The summed E-state index contributed by atoms with van der Waals surface area (Å²) in [6.07, 6.45) is 5.26. The molecule has 0 aliphatic heterocycles. The van der Waals surface area contributed by atoms with Crippen molar-refractivity contribution in [2.24, 2.45) is 0 Å². The predicted molar refractivity (Wildman–Crippen MR) is 93.4 cm³/mol. The van der Waals surface area contributed by atoms with Gasteiger partial charge in [-0.1, -0.05) is 18.2 Å². The van der Waals surface area contributed by atoms with E-state index in [9.17, 15) is 9.59 Å². The summed E-state index contributed by atoms with van der Waals surface area (Å²) in [6, 6.07) is 9.26. The highest BCUT2D eigenvalue weighted by Crippen LogP contribution is 2.19. The van der Waals surface area contributed by atoms with Crippen LogP contribution in [0, 0.1) is 0 Å². The second kappa shape index (κ2) is 9.42. The van der Waals surface area contributed by atoms with Gasteiger partial charge in [-0.05, 0) is 48.6 Å².